The molecule has 0 saturated heterocycles. The van der Waals surface area contributed by atoms with Crippen molar-refractivity contribution in [1.29, 1.82) is 0 Å². The molecule has 0 bridgehead atoms. The SMILES string of the molecule is COCCOCCN(CCOCCOC)c1cccc(O)c1.COCCOCCN(CCOCCOC)c1cccc(OCc2ccccc2)c1.COCCOCOS(=O)(=O)c1ccc(C)cc1.Nc1cccc(OCc2ccccc2)c1.O=[N+]([O-])c1cccc(OCc2ccccc2)c1. The lowest BCUT2D eigenvalue weighted by Crippen LogP contribution is -2.31. The molecule has 23 nitrogen and oxygen atoms in total. The van der Waals surface area contributed by atoms with E-state index in [9.17, 15) is 23.6 Å². The van der Waals surface area contributed by atoms with Gasteiger partial charge in [-0.05, 0) is 78.2 Å². The number of methoxy groups -OCH3 is 5. The van der Waals surface area contributed by atoms with E-state index in [4.69, 9.17) is 71.5 Å². The third-order valence-corrected chi connectivity index (χ3v) is 15.0. The standard InChI is InChI=1S/C23H33NO5.C16H27NO5.C13H11NO3.C13H13NO.C11H16O5S/c1-25-15-17-27-13-11-24(12-14-28-18-16-26-2)22-9-6-10-23(19-22)29-20-21-7-4-3-5-8-21;1-19-10-12-21-8-6-17(7-9-22-13-11-20-2)15-4-3-5-16(18)14-15;15-14(16)12-7-4-8-13(9-12)17-10-11-5-2-1-3-6-11;14-12-7-4-8-13(9-12)15-10-11-5-2-1-3-6-11;1-10-3-5-11(6-4-10)17(12,13)16-9-15-8-7-14-2/h3-10,19H,11-18,20H2,1-2H3;3-5,14,18H,6-13H2,1-2H3;1-9H,10H2;1-9H,10,14H2;3-6H,7-9H2,1-2H3. The quantitative estimate of drug-likeness (QED) is 0.00898. The summed E-state index contributed by atoms with van der Waals surface area (Å²) in [6, 6.07) is 65.2. The number of nitrogens with zero attached hydrogens (tertiary/aromatic N) is 3. The summed E-state index contributed by atoms with van der Waals surface area (Å²) in [5, 5.41) is 20.2. The third-order valence-electron chi connectivity index (χ3n) is 13.8. The highest BCUT2D eigenvalue weighted by Crippen LogP contribution is 2.24. The fourth-order valence-electron chi connectivity index (χ4n) is 8.46. The van der Waals surface area contributed by atoms with Crippen LogP contribution in [-0.2, 0) is 81.5 Å². The van der Waals surface area contributed by atoms with E-state index < -0.39 is 15.0 Å². The van der Waals surface area contributed by atoms with Gasteiger partial charge in [-0.25, -0.2) is 4.18 Å². The van der Waals surface area contributed by atoms with Gasteiger partial charge in [-0.15, -0.1) is 0 Å². The van der Waals surface area contributed by atoms with E-state index in [1.54, 1.807) is 64.8 Å². The van der Waals surface area contributed by atoms with E-state index in [0.29, 0.717) is 118 Å². The molecule has 0 saturated carbocycles. The Kier molecular flexibility index (Phi) is 44.5. The maximum Gasteiger partial charge on any atom is 0.299 e. The van der Waals surface area contributed by atoms with Gasteiger partial charge in [0.05, 0.1) is 108 Å². The van der Waals surface area contributed by atoms with Crippen molar-refractivity contribution >= 4 is 32.9 Å². The molecule has 0 aromatic heterocycles. The van der Waals surface area contributed by atoms with Crippen LogP contribution in [0.1, 0.15) is 22.3 Å². The first kappa shape index (κ1) is 83.7. The van der Waals surface area contributed by atoms with Gasteiger partial charge in [0.15, 0.2) is 6.79 Å². The molecule has 0 fully saturated rings. The molecule has 0 atom stereocenters. The Balaban J connectivity index is 0.000000271. The Bertz CT molecular complexity index is 3430. The van der Waals surface area contributed by atoms with Crippen molar-refractivity contribution in [2.24, 2.45) is 0 Å². The number of nitro benzene ring substituents is 1. The molecule has 0 aliphatic rings. The van der Waals surface area contributed by atoms with Gasteiger partial charge in [0, 0.05) is 103 Å². The molecule has 100 heavy (non-hydrogen) atoms. The van der Waals surface area contributed by atoms with Gasteiger partial charge in [0.25, 0.3) is 15.8 Å². The maximum absolute atomic E-state index is 11.6. The van der Waals surface area contributed by atoms with Crippen molar-refractivity contribution in [3.8, 4) is 23.0 Å². The van der Waals surface area contributed by atoms with Gasteiger partial charge in [-0.2, -0.15) is 8.42 Å². The molecular formula is C76H100N4O19S. The highest BCUT2D eigenvalue weighted by Gasteiger charge is 2.15. The molecule has 8 aromatic carbocycles. The number of benzene rings is 8. The number of nitro groups is 1. The van der Waals surface area contributed by atoms with Crippen LogP contribution in [0.4, 0.5) is 22.7 Å². The number of ether oxygens (including phenoxy) is 13. The summed E-state index contributed by atoms with van der Waals surface area (Å²) >= 11 is 0. The van der Waals surface area contributed by atoms with Crippen LogP contribution in [0.15, 0.2) is 217 Å². The third kappa shape index (κ3) is 38.6. The Hall–Kier alpha value is -8.73. The van der Waals surface area contributed by atoms with E-state index in [1.165, 1.54) is 31.4 Å². The number of nitrogen functional groups attached to an aromatic ring is 1. The van der Waals surface area contributed by atoms with Crippen molar-refractivity contribution in [1.82, 2.24) is 0 Å². The number of rotatable bonds is 43. The van der Waals surface area contributed by atoms with Gasteiger partial charge in [0.1, 0.15) is 42.8 Å². The van der Waals surface area contributed by atoms with Gasteiger partial charge < -0.3 is 82.2 Å². The van der Waals surface area contributed by atoms with Crippen LogP contribution in [0.3, 0.4) is 0 Å². The first-order chi connectivity index (χ1) is 48.8. The predicted molar refractivity (Wildman–Crippen MR) is 388 cm³/mol. The summed E-state index contributed by atoms with van der Waals surface area (Å²) in [5.41, 5.74) is 12.8. The molecule has 24 heteroatoms. The second kappa shape index (κ2) is 53.2. The second-order valence-electron chi connectivity index (χ2n) is 21.5. The smallest absolute Gasteiger partial charge is 0.299 e. The van der Waals surface area contributed by atoms with Gasteiger partial charge >= 0.3 is 0 Å². The fourth-order valence-corrected chi connectivity index (χ4v) is 9.26. The maximum atomic E-state index is 11.6. The lowest BCUT2D eigenvalue weighted by molar-refractivity contribution is -0.384. The molecule has 0 unspecified atom stereocenters. The Morgan fingerprint density at radius 1 is 0.410 bits per heavy atom. The summed E-state index contributed by atoms with van der Waals surface area (Å²) in [4.78, 5) is 14.6. The van der Waals surface area contributed by atoms with Crippen molar-refractivity contribution < 1.29 is 84.2 Å². The van der Waals surface area contributed by atoms with Crippen LogP contribution in [-0.4, -0.2) is 179 Å². The highest BCUT2D eigenvalue weighted by atomic mass is 32.2. The Morgan fingerprint density at radius 3 is 1.18 bits per heavy atom. The zero-order valence-corrected chi connectivity index (χ0v) is 59.2. The minimum absolute atomic E-state index is 0.0376. The number of phenols is 1. The average molecular weight is 1410 g/mol. The molecule has 544 valence electrons. The van der Waals surface area contributed by atoms with Crippen LogP contribution < -0.4 is 29.7 Å². The largest absolute Gasteiger partial charge is 0.508 e. The Morgan fingerprint density at radius 2 is 0.780 bits per heavy atom. The summed E-state index contributed by atoms with van der Waals surface area (Å²) in [5.74, 6) is 2.40. The minimum Gasteiger partial charge on any atom is -0.508 e. The van der Waals surface area contributed by atoms with E-state index in [-0.39, 0.29) is 23.1 Å². The van der Waals surface area contributed by atoms with Crippen LogP contribution >= 0.6 is 0 Å². The van der Waals surface area contributed by atoms with Crippen LogP contribution in [0, 0.1) is 17.0 Å². The monoisotopic (exact) mass is 1400 g/mol. The summed E-state index contributed by atoms with van der Waals surface area (Å²) in [6.07, 6.45) is 0. The first-order valence-electron chi connectivity index (χ1n) is 32.6. The lowest BCUT2D eigenvalue weighted by Gasteiger charge is -2.25. The number of anilines is 3. The minimum atomic E-state index is -3.73. The topological polar surface area (TPSA) is 259 Å². The van der Waals surface area contributed by atoms with E-state index >= 15 is 0 Å². The molecule has 0 aliphatic heterocycles. The average Bonchev–Trinajstić information content (AvgIpc) is 0.871. The zero-order valence-electron chi connectivity index (χ0n) is 58.4. The molecular weight excluding hydrogens is 1300 g/mol. The zero-order chi connectivity index (χ0) is 71.9. The van der Waals surface area contributed by atoms with Gasteiger partial charge in [-0.1, -0.05) is 133 Å². The van der Waals surface area contributed by atoms with Gasteiger partial charge in [-0.3, -0.25) is 10.1 Å². The van der Waals surface area contributed by atoms with Gasteiger partial charge in [0.2, 0.25) is 0 Å². The normalized spacial score (nSPS) is 10.7. The number of aromatic hydroxyl groups is 1. The van der Waals surface area contributed by atoms with Crippen molar-refractivity contribution in [3.05, 3.63) is 245 Å². The molecule has 3 N–H and O–H groups in total. The molecule has 0 heterocycles. The second-order valence-corrected chi connectivity index (χ2v) is 23.1. The molecule has 0 aliphatic carbocycles. The van der Waals surface area contributed by atoms with Crippen LogP contribution in [0.2, 0.25) is 0 Å². The van der Waals surface area contributed by atoms with E-state index in [2.05, 4.69) is 34.1 Å². The van der Waals surface area contributed by atoms with Crippen LogP contribution in [0.25, 0.3) is 0 Å². The number of non-ortho nitro benzene ring substituents is 1. The van der Waals surface area contributed by atoms with E-state index in [1.807, 2.05) is 134 Å². The lowest BCUT2D eigenvalue weighted by atomic mass is 10.2. The van der Waals surface area contributed by atoms with Crippen molar-refractivity contribution in [2.45, 2.75) is 31.6 Å². The van der Waals surface area contributed by atoms with E-state index in [0.717, 1.165) is 77.0 Å². The summed E-state index contributed by atoms with van der Waals surface area (Å²) < 4.78 is 97.0. The Labute approximate surface area is 590 Å². The number of nitrogens with two attached hydrogens (primary N) is 1. The number of phenolic OH excluding ortho intramolecular Hbond substituents is 1. The highest BCUT2D eigenvalue weighted by molar-refractivity contribution is 7.86. The molecule has 8 aromatic rings. The molecule has 0 amide bonds. The predicted octanol–water partition coefficient (Wildman–Crippen LogP) is 12.3. The summed E-state index contributed by atoms with van der Waals surface area (Å²) in [6.45, 7) is 13.9. The van der Waals surface area contributed by atoms with Crippen molar-refractivity contribution in [3.63, 3.8) is 0 Å². The van der Waals surface area contributed by atoms with Crippen LogP contribution in [0.5, 0.6) is 23.0 Å². The fraction of sp³-hybridized carbons (Fsp3) is 0.368. The first-order valence-corrected chi connectivity index (χ1v) is 34.0. The number of hydrogen-bond acceptors (Lipinski definition) is 22. The molecule has 8 rings (SSSR count). The molecule has 0 radical (unpaired) electrons. The summed E-state index contributed by atoms with van der Waals surface area (Å²) in [7, 11) is 4.46. The number of hydrogen-bond donors (Lipinski definition) is 2. The molecule has 0 spiro atoms. The number of aryl methyl sites for hydroxylation is 1. The van der Waals surface area contributed by atoms with Crippen molar-refractivity contribution in [2.75, 3.05) is 177 Å².